The monoisotopic (exact) mass is 409 g/mol. The number of hydrogen-bond donors (Lipinski definition) is 2. The highest BCUT2D eigenvalue weighted by Gasteiger charge is 2.46. The third-order valence-corrected chi connectivity index (χ3v) is 6.08. The summed E-state index contributed by atoms with van der Waals surface area (Å²) in [6.07, 6.45) is 4.07. The van der Waals surface area contributed by atoms with E-state index >= 15 is 0 Å². The maximum absolute atomic E-state index is 13.6. The van der Waals surface area contributed by atoms with Crippen molar-refractivity contribution in [2.75, 3.05) is 13.1 Å². The van der Waals surface area contributed by atoms with Crippen molar-refractivity contribution in [1.82, 2.24) is 15.5 Å². The Labute approximate surface area is 175 Å². The molecule has 0 bridgehead atoms. The number of imide groups is 1. The molecule has 0 unspecified atom stereocenters. The number of alkyl carbamates (subject to hydrolysis) is 1. The number of carbonyl (C=O) groups is 3. The summed E-state index contributed by atoms with van der Waals surface area (Å²) in [5, 5.41) is 5.59. The van der Waals surface area contributed by atoms with Gasteiger partial charge in [0.05, 0.1) is 0 Å². The third-order valence-electron chi connectivity index (χ3n) is 6.08. The number of nitrogens with one attached hydrogen (secondary N) is 2. The number of hydrogen-bond acceptors (Lipinski definition) is 5. The van der Waals surface area contributed by atoms with Crippen LogP contribution in [0.2, 0.25) is 0 Å². The molecule has 1 saturated carbocycles. The highest BCUT2D eigenvalue weighted by molar-refractivity contribution is 6.08. The molecule has 1 heterocycles. The van der Waals surface area contributed by atoms with Gasteiger partial charge in [-0.15, -0.1) is 0 Å². The van der Waals surface area contributed by atoms with Gasteiger partial charge >= 0.3 is 6.09 Å². The fraction of sp³-hybridized carbons (Fsp3) is 0.864. The second kappa shape index (κ2) is 8.62. The molecule has 1 aliphatic carbocycles. The quantitative estimate of drug-likeness (QED) is 0.696. The van der Waals surface area contributed by atoms with Crippen molar-refractivity contribution in [2.45, 2.75) is 98.3 Å². The summed E-state index contributed by atoms with van der Waals surface area (Å²) < 4.78 is 5.18. The lowest BCUT2D eigenvalue weighted by molar-refractivity contribution is -0.153. The van der Waals surface area contributed by atoms with E-state index in [1.165, 1.54) is 0 Å². The van der Waals surface area contributed by atoms with Crippen molar-refractivity contribution >= 4 is 17.9 Å². The third kappa shape index (κ3) is 6.17. The van der Waals surface area contributed by atoms with E-state index in [1.807, 2.05) is 4.90 Å². The predicted octanol–water partition coefficient (Wildman–Crippen LogP) is 3.22. The van der Waals surface area contributed by atoms with Crippen molar-refractivity contribution in [3.05, 3.63) is 0 Å². The van der Waals surface area contributed by atoms with Gasteiger partial charge in [0.2, 0.25) is 11.8 Å². The van der Waals surface area contributed by atoms with Crippen molar-refractivity contribution < 1.29 is 19.1 Å². The Bertz CT molecular complexity index is 620. The van der Waals surface area contributed by atoms with Crippen LogP contribution >= 0.6 is 0 Å². The second-order valence-corrected chi connectivity index (χ2v) is 10.8. The van der Waals surface area contributed by atoms with E-state index in [0.29, 0.717) is 5.41 Å². The van der Waals surface area contributed by atoms with Gasteiger partial charge in [-0.3, -0.25) is 14.9 Å². The van der Waals surface area contributed by atoms with Gasteiger partial charge in [0.25, 0.3) is 0 Å². The normalized spacial score (nSPS) is 22.8. The maximum atomic E-state index is 13.6. The van der Waals surface area contributed by atoms with Crippen molar-refractivity contribution in [2.24, 2.45) is 10.8 Å². The Morgan fingerprint density at radius 1 is 1.00 bits per heavy atom. The lowest BCUT2D eigenvalue weighted by atomic mass is 9.74. The summed E-state index contributed by atoms with van der Waals surface area (Å²) in [5.41, 5.74) is -1.77. The smallest absolute Gasteiger partial charge is 0.414 e. The van der Waals surface area contributed by atoms with E-state index in [4.69, 9.17) is 4.74 Å². The van der Waals surface area contributed by atoms with E-state index in [0.717, 1.165) is 45.2 Å². The van der Waals surface area contributed by atoms with Crippen molar-refractivity contribution in [3.8, 4) is 0 Å². The number of carbonyl (C=O) groups excluding carboxylic acids is 3. The average molecular weight is 410 g/mol. The Morgan fingerprint density at radius 2 is 1.59 bits per heavy atom. The minimum atomic E-state index is -1.35. The molecule has 0 aromatic carbocycles. The Morgan fingerprint density at radius 3 is 2.07 bits per heavy atom. The van der Waals surface area contributed by atoms with Crippen LogP contribution in [0.3, 0.4) is 0 Å². The van der Waals surface area contributed by atoms with Gasteiger partial charge in [-0.25, -0.2) is 4.79 Å². The molecular weight excluding hydrogens is 370 g/mol. The predicted molar refractivity (Wildman–Crippen MR) is 112 cm³/mol. The van der Waals surface area contributed by atoms with Gasteiger partial charge < -0.3 is 15.0 Å². The summed E-state index contributed by atoms with van der Waals surface area (Å²) in [6, 6.07) is 0.219. The first-order chi connectivity index (χ1) is 13.2. The van der Waals surface area contributed by atoms with Gasteiger partial charge in [0.1, 0.15) is 11.0 Å². The number of amides is 3. The van der Waals surface area contributed by atoms with Crippen LogP contribution in [0.4, 0.5) is 4.79 Å². The van der Waals surface area contributed by atoms with Crippen LogP contribution in [-0.2, 0) is 14.3 Å². The van der Waals surface area contributed by atoms with E-state index in [1.54, 1.807) is 34.6 Å². The molecule has 0 aromatic heterocycles. The average Bonchev–Trinajstić information content (AvgIpc) is 3.08. The Hall–Kier alpha value is -1.63. The molecule has 0 aromatic rings. The van der Waals surface area contributed by atoms with Crippen LogP contribution in [0.25, 0.3) is 0 Å². The molecule has 2 rings (SSSR count). The minimum absolute atomic E-state index is 0.0855. The molecule has 3 amide bonds. The van der Waals surface area contributed by atoms with Crippen molar-refractivity contribution in [1.29, 1.82) is 0 Å². The molecule has 29 heavy (non-hydrogen) atoms. The van der Waals surface area contributed by atoms with Crippen LogP contribution in [0, 0.1) is 10.8 Å². The first kappa shape index (κ1) is 23.6. The Kier molecular flexibility index (Phi) is 7.03. The molecule has 7 heteroatoms. The molecule has 1 atom stereocenters. The zero-order valence-electron chi connectivity index (χ0n) is 19.2. The lowest BCUT2D eigenvalue weighted by Crippen LogP contribution is -2.58. The highest BCUT2D eigenvalue weighted by Crippen LogP contribution is 2.39. The van der Waals surface area contributed by atoms with Crippen LogP contribution in [-0.4, -0.2) is 53.6 Å². The van der Waals surface area contributed by atoms with Gasteiger partial charge in [0.15, 0.2) is 0 Å². The fourth-order valence-corrected chi connectivity index (χ4v) is 4.14. The van der Waals surface area contributed by atoms with Crippen molar-refractivity contribution in [3.63, 3.8) is 0 Å². The van der Waals surface area contributed by atoms with Gasteiger partial charge in [-0.1, -0.05) is 13.8 Å². The molecule has 1 aliphatic heterocycles. The van der Waals surface area contributed by atoms with Gasteiger partial charge in [-0.05, 0) is 78.7 Å². The summed E-state index contributed by atoms with van der Waals surface area (Å²) in [5.74, 6) is -0.833. The van der Waals surface area contributed by atoms with E-state index in [9.17, 15) is 14.4 Å². The number of ether oxygens (including phenoxy) is 1. The molecule has 0 spiro atoms. The standard InChI is InChI=1S/C22H39N3O4/c1-20(2,3)29-19(28)24-17(26)22(6,7)18(27)25(16-10-13-23-14-16)15-8-11-21(4,5)12-9-15/h15-16,23H,8-14H2,1-7H3,(H,24,26,28)/t16-/m0/s1. The van der Waals surface area contributed by atoms with Crippen LogP contribution < -0.4 is 10.6 Å². The largest absolute Gasteiger partial charge is 0.444 e. The summed E-state index contributed by atoms with van der Waals surface area (Å²) in [6.45, 7) is 14.5. The van der Waals surface area contributed by atoms with Crippen LogP contribution in [0.1, 0.15) is 80.6 Å². The zero-order valence-corrected chi connectivity index (χ0v) is 19.2. The van der Waals surface area contributed by atoms with E-state index in [-0.39, 0.29) is 18.0 Å². The maximum Gasteiger partial charge on any atom is 0.414 e. The molecular formula is C22H39N3O4. The molecule has 2 fully saturated rings. The topological polar surface area (TPSA) is 87.7 Å². The first-order valence-corrected chi connectivity index (χ1v) is 10.8. The number of rotatable bonds is 4. The molecule has 2 aliphatic rings. The molecule has 1 saturated heterocycles. The summed E-state index contributed by atoms with van der Waals surface area (Å²) in [4.78, 5) is 40.4. The van der Waals surface area contributed by atoms with Crippen LogP contribution in [0.15, 0.2) is 0 Å². The minimum Gasteiger partial charge on any atom is -0.444 e. The Balaban J connectivity index is 2.15. The summed E-state index contributed by atoms with van der Waals surface area (Å²) in [7, 11) is 0. The molecule has 7 nitrogen and oxygen atoms in total. The van der Waals surface area contributed by atoms with E-state index in [2.05, 4.69) is 24.5 Å². The molecule has 0 radical (unpaired) electrons. The van der Waals surface area contributed by atoms with E-state index < -0.39 is 23.0 Å². The fourth-order valence-electron chi connectivity index (χ4n) is 4.14. The molecule has 166 valence electrons. The molecule has 2 N–H and O–H groups in total. The summed E-state index contributed by atoms with van der Waals surface area (Å²) >= 11 is 0. The SMILES string of the molecule is CC1(C)CCC(N(C(=O)C(C)(C)C(=O)NC(=O)OC(C)(C)C)[C@H]2CCNC2)CC1. The zero-order chi connectivity index (χ0) is 22.0. The van der Waals surface area contributed by atoms with Gasteiger partial charge in [-0.2, -0.15) is 0 Å². The highest BCUT2D eigenvalue weighted by atomic mass is 16.6. The van der Waals surface area contributed by atoms with Gasteiger partial charge in [0, 0.05) is 18.6 Å². The number of nitrogens with zero attached hydrogens (tertiary/aromatic N) is 1. The first-order valence-electron chi connectivity index (χ1n) is 10.8. The lowest BCUT2D eigenvalue weighted by Gasteiger charge is -2.45. The second-order valence-electron chi connectivity index (χ2n) is 10.8. The van der Waals surface area contributed by atoms with Crippen LogP contribution in [0.5, 0.6) is 0 Å².